The van der Waals surface area contributed by atoms with Crippen LogP contribution in [0.25, 0.3) is 0 Å². The number of carbonyl (C=O) groups is 2. The third-order valence-electron chi connectivity index (χ3n) is 4.37. The van der Waals surface area contributed by atoms with Crippen molar-refractivity contribution in [1.82, 2.24) is 5.43 Å². The standard InChI is InChI=1S/C23H19BrIN3O6S/c1-14(29)27-18-6-8-19(9-7-18)35(31,32)34-22-20(24)10-15(11-21(22)33-2)13-26-28-23(30)16-4-3-5-17(25)12-16/h3-13H,1-2H3,(H,27,29)(H,28,30)/b26-13-. The second kappa shape index (κ2) is 11.6. The lowest BCUT2D eigenvalue weighted by Crippen LogP contribution is -2.17. The summed E-state index contributed by atoms with van der Waals surface area (Å²) in [5, 5.41) is 6.51. The van der Waals surface area contributed by atoms with Crippen LogP contribution in [0.3, 0.4) is 0 Å². The van der Waals surface area contributed by atoms with E-state index in [2.05, 4.69) is 54.4 Å². The van der Waals surface area contributed by atoms with Crippen molar-refractivity contribution in [3.05, 3.63) is 79.8 Å². The lowest BCUT2D eigenvalue weighted by atomic mass is 10.2. The van der Waals surface area contributed by atoms with Crippen LogP contribution in [0.5, 0.6) is 11.5 Å². The van der Waals surface area contributed by atoms with Crippen LogP contribution in [0.1, 0.15) is 22.8 Å². The van der Waals surface area contributed by atoms with Crippen LogP contribution in [-0.2, 0) is 14.9 Å². The summed E-state index contributed by atoms with van der Waals surface area (Å²) in [5.74, 6) is -0.577. The van der Waals surface area contributed by atoms with E-state index in [1.54, 1.807) is 24.3 Å². The second-order valence-electron chi connectivity index (χ2n) is 6.99. The van der Waals surface area contributed by atoms with Gasteiger partial charge in [-0.1, -0.05) is 6.07 Å². The first-order valence-electron chi connectivity index (χ1n) is 9.87. The Kier molecular flexibility index (Phi) is 8.86. The van der Waals surface area contributed by atoms with Crippen LogP contribution < -0.4 is 19.7 Å². The number of rotatable bonds is 8. The molecule has 0 bridgehead atoms. The van der Waals surface area contributed by atoms with Gasteiger partial charge in [0.05, 0.1) is 17.8 Å². The summed E-state index contributed by atoms with van der Waals surface area (Å²) >= 11 is 5.41. The number of ether oxygens (including phenoxy) is 1. The van der Waals surface area contributed by atoms with Crippen LogP contribution in [0.15, 0.2) is 75.1 Å². The summed E-state index contributed by atoms with van der Waals surface area (Å²) in [6, 6.07) is 15.7. The maximum absolute atomic E-state index is 12.8. The third-order valence-corrected chi connectivity index (χ3v) is 6.87. The minimum atomic E-state index is -4.20. The predicted molar refractivity (Wildman–Crippen MR) is 143 cm³/mol. The normalized spacial score (nSPS) is 11.2. The molecule has 0 aliphatic carbocycles. The number of nitrogens with zero attached hydrogens (tertiary/aromatic N) is 1. The van der Waals surface area contributed by atoms with E-state index < -0.39 is 10.1 Å². The van der Waals surface area contributed by atoms with E-state index in [1.807, 2.05) is 6.07 Å². The SMILES string of the molecule is COc1cc(/C=N\NC(=O)c2cccc(I)c2)cc(Br)c1OS(=O)(=O)c1ccc(NC(C)=O)cc1. The smallest absolute Gasteiger partial charge is 0.339 e. The van der Waals surface area contributed by atoms with Crippen molar-refractivity contribution in [3.63, 3.8) is 0 Å². The number of hydrogen-bond donors (Lipinski definition) is 2. The van der Waals surface area contributed by atoms with Crippen LogP contribution in [0, 0.1) is 3.57 Å². The van der Waals surface area contributed by atoms with Crippen molar-refractivity contribution >= 4 is 72.4 Å². The number of carbonyl (C=O) groups excluding carboxylic acids is 2. The maximum atomic E-state index is 12.8. The molecule has 3 rings (SSSR count). The van der Waals surface area contributed by atoms with Crippen LogP contribution in [0.4, 0.5) is 5.69 Å². The molecule has 0 aliphatic rings. The van der Waals surface area contributed by atoms with Gasteiger partial charge < -0.3 is 14.2 Å². The van der Waals surface area contributed by atoms with Crippen molar-refractivity contribution in [2.45, 2.75) is 11.8 Å². The highest BCUT2D eigenvalue weighted by molar-refractivity contribution is 14.1. The lowest BCUT2D eigenvalue weighted by Gasteiger charge is -2.13. The highest BCUT2D eigenvalue weighted by Crippen LogP contribution is 2.38. The van der Waals surface area contributed by atoms with Crippen molar-refractivity contribution in [2.24, 2.45) is 5.10 Å². The Morgan fingerprint density at radius 2 is 1.80 bits per heavy atom. The first-order chi connectivity index (χ1) is 16.6. The molecule has 0 fully saturated rings. The topological polar surface area (TPSA) is 123 Å². The number of amides is 2. The number of hydrazone groups is 1. The van der Waals surface area contributed by atoms with E-state index in [-0.39, 0.29) is 28.2 Å². The van der Waals surface area contributed by atoms with Crippen molar-refractivity contribution in [3.8, 4) is 11.5 Å². The van der Waals surface area contributed by atoms with Crippen LogP contribution >= 0.6 is 38.5 Å². The number of nitrogens with one attached hydrogen (secondary N) is 2. The highest BCUT2D eigenvalue weighted by atomic mass is 127. The fourth-order valence-electron chi connectivity index (χ4n) is 2.82. The van der Waals surface area contributed by atoms with Gasteiger partial charge in [0, 0.05) is 21.7 Å². The molecular weight excluding hydrogens is 653 g/mol. The molecule has 0 radical (unpaired) electrons. The lowest BCUT2D eigenvalue weighted by molar-refractivity contribution is -0.114. The number of benzene rings is 3. The fraction of sp³-hybridized carbons (Fsp3) is 0.0870. The predicted octanol–water partition coefficient (Wildman–Crippen LogP) is 4.55. The molecule has 182 valence electrons. The summed E-state index contributed by atoms with van der Waals surface area (Å²) in [6.45, 7) is 1.35. The Labute approximate surface area is 224 Å². The summed E-state index contributed by atoms with van der Waals surface area (Å²) < 4.78 is 37.4. The Morgan fingerprint density at radius 3 is 2.43 bits per heavy atom. The van der Waals surface area contributed by atoms with E-state index in [4.69, 9.17) is 8.92 Å². The molecule has 0 unspecified atom stereocenters. The van der Waals surface area contributed by atoms with Gasteiger partial charge in [0.2, 0.25) is 5.91 Å². The van der Waals surface area contributed by atoms with Gasteiger partial charge in [-0.25, -0.2) is 5.43 Å². The fourth-order valence-corrected chi connectivity index (χ4v) is 4.97. The molecule has 0 aromatic heterocycles. The summed E-state index contributed by atoms with van der Waals surface area (Å²) in [4.78, 5) is 23.3. The molecule has 0 spiro atoms. The van der Waals surface area contributed by atoms with Gasteiger partial charge >= 0.3 is 10.1 Å². The molecule has 0 atom stereocenters. The maximum Gasteiger partial charge on any atom is 0.339 e. The minimum Gasteiger partial charge on any atom is -0.493 e. The van der Waals surface area contributed by atoms with Crippen LogP contribution in [-0.4, -0.2) is 33.6 Å². The summed E-state index contributed by atoms with van der Waals surface area (Å²) in [5.41, 5.74) is 3.87. The average molecular weight is 672 g/mol. The molecule has 9 nitrogen and oxygen atoms in total. The Bertz CT molecular complexity index is 1390. The number of methoxy groups -OCH3 is 1. The van der Waals surface area contributed by atoms with E-state index >= 15 is 0 Å². The van der Waals surface area contributed by atoms with Gasteiger partial charge in [0.15, 0.2) is 11.5 Å². The molecule has 0 saturated carbocycles. The zero-order valence-corrected chi connectivity index (χ0v) is 23.0. The molecule has 2 N–H and O–H groups in total. The molecule has 2 amide bonds. The van der Waals surface area contributed by atoms with Gasteiger partial charge in [-0.3, -0.25) is 9.59 Å². The average Bonchev–Trinajstić information content (AvgIpc) is 2.80. The van der Waals surface area contributed by atoms with Gasteiger partial charge in [0.1, 0.15) is 4.90 Å². The zero-order chi connectivity index (χ0) is 25.6. The van der Waals surface area contributed by atoms with E-state index in [9.17, 15) is 18.0 Å². The number of halogens is 2. The van der Waals surface area contributed by atoms with Crippen molar-refractivity contribution < 1.29 is 26.9 Å². The molecule has 0 heterocycles. The molecule has 0 aliphatic heterocycles. The molecule has 3 aromatic rings. The van der Waals surface area contributed by atoms with Crippen molar-refractivity contribution in [2.75, 3.05) is 12.4 Å². The number of anilines is 1. The molecule has 0 saturated heterocycles. The van der Waals surface area contributed by atoms with E-state index in [1.165, 1.54) is 50.6 Å². The van der Waals surface area contributed by atoms with Crippen LogP contribution in [0.2, 0.25) is 0 Å². The van der Waals surface area contributed by atoms with Gasteiger partial charge in [-0.2, -0.15) is 13.5 Å². The summed E-state index contributed by atoms with van der Waals surface area (Å²) in [7, 11) is -2.84. The van der Waals surface area contributed by atoms with Gasteiger partial charge in [-0.05, 0) is 98.7 Å². The van der Waals surface area contributed by atoms with Gasteiger partial charge in [0.25, 0.3) is 5.91 Å². The van der Waals surface area contributed by atoms with E-state index in [0.29, 0.717) is 21.3 Å². The minimum absolute atomic E-state index is 0.0570. The molecule has 3 aromatic carbocycles. The quantitative estimate of drug-likeness (QED) is 0.157. The Balaban J connectivity index is 1.77. The molecule has 12 heteroatoms. The summed E-state index contributed by atoms with van der Waals surface area (Å²) in [6.07, 6.45) is 1.39. The highest BCUT2D eigenvalue weighted by Gasteiger charge is 2.22. The zero-order valence-electron chi connectivity index (χ0n) is 18.4. The first-order valence-corrected chi connectivity index (χ1v) is 13.2. The third kappa shape index (κ3) is 7.26. The van der Waals surface area contributed by atoms with Crippen molar-refractivity contribution in [1.29, 1.82) is 0 Å². The monoisotopic (exact) mass is 671 g/mol. The largest absolute Gasteiger partial charge is 0.493 e. The second-order valence-corrected chi connectivity index (χ2v) is 10.6. The Morgan fingerprint density at radius 1 is 1.09 bits per heavy atom. The first kappa shape index (κ1) is 26.6. The number of hydrogen-bond acceptors (Lipinski definition) is 7. The van der Waals surface area contributed by atoms with E-state index in [0.717, 1.165) is 3.57 Å². The van der Waals surface area contributed by atoms with Gasteiger partial charge in [-0.15, -0.1) is 0 Å². The Hall–Kier alpha value is -2.97. The molecule has 35 heavy (non-hydrogen) atoms. The molecular formula is C23H19BrIN3O6S.